The van der Waals surface area contributed by atoms with E-state index in [1.807, 2.05) is 37.5 Å². The van der Waals surface area contributed by atoms with Crippen LogP contribution in [0.25, 0.3) is 6.08 Å². The highest BCUT2D eigenvalue weighted by molar-refractivity contribution is 5.93. The molecule has 41 heavy (non-hydrogen) atoms. The van der Waals surface area contributed by atoms with Gasteiger partial charge in [0.15, 0.2) is 23.4 Å². The lowest BCUT2D eigenvalue weighted by molar-refractivity contribution is -0.191. The first-order valence-electron chi connectivity index (χ1n) is 15.2. The smallest absolute Gasteiger partial charge is 0.166 e. The average molecular weight is 551 g/mol. The second-order valence-corrected chi connectivity index (χ2v) is 12.9. The summed E-state index contributed by atoms with van der Waals surface area (Å²) in [5.41, 5.74) is 6.20. The SMILES string of the molecule is CO[C@@]12Cc3cc(/C=C/C(=O)CCc4ccccc4)n(C)c3C3Oc4c(O)ccc5c4[C@@]31CCN(CC1CC1)[C@@H]2C5. The van der Waals surface area contributed by atoms with Crippen molar-refractivity contribution in [1.29, 1.82) is 0 Å². The molecular weight excluding hydrogens is 512 g/mol. The van der Waals surface area contributed by atoms with Crippen molar-refractivity contribution in [1.82, 2.24) is 9.47 Å². The van der Waals surface area contributed by atoms with Crippen molar-refractivity contribution in [2.24, 2.45) is 13.0 Å². The maximum absolute atomic E-state index is 12.8. The minimum atomic E-state index is -0.447. The standard InChI is InChI=1S/C35H38N2O4/c1-36-26(12-14-27(38)13-10-22-6-4-3-5-7-22)18-25-20-35(40-2)29-19-24-11-15-28(39)32-30(24)34(35,33(41-32)31(25)36)16-17-37(29)21-23-8-9-23/h3-7,11-12,14-15,18,23,29,33,39H,8-10,13,16-17,19-21H2,1-2H3/b14-12+/t29-,33?,34+,35-/m1/s1. The number of aromatic nitrogens is 1. The number of fused-ring (bicyclic) bond motifs is 2. The van der Waals surface area contributed by atoms with Crippen LogP contribution in [-0.4, -0.2) is 52.2 Å². The fourth-order valence-corrected chi connectivity index (χ4v) is 8.82. The van der Waals surface area contributed by atoms with Gasteiger partial charge >= 0.3 is 0 Å². The number of allylic oxidation sites excluding steroid dienone is 1. The minimum absolute atomic E-state index is 0.124. The Kier molecular flexibility index (Phi) is 5.61. The molecule has 4 atom stereocenters. The summed E-state index contributed by atoms with van der Waals surface area (Å²) in [6, 6.07) is 16.6. The fraction of sp³-hybridized carbons (Fsp3) is 0.457. The Balaban J connectivity index is 1.19. The molecule has 0 amide bonds. The van der Waals surface area contributed by atoms with Crippen LogP contribution in [0.1, 0.15) is 65.4 Å². The number of aryl methyl sites for hydroxylation is 1. The van der Waals surface area contributed by atoms with E-state index in [0.29, 0.717) is 12.2 Å². The topological polar surface area (TPSA) is 63.9 Å². The van der Waals surface area contributed by atoms with Crippen molar-refractivity contribution in [3.8, 4) is 11.5 Å². The van der Waals surface area contributed by atoms with E-state index in [0.717, 1.165) is 56.1 Å². The zero-order valence-electron chi connectivity index (χ0n) is 23.9. The lowest BCUT2D eigenvalue weighted by Crippen LogP contribution is -2.75. The van der Waals surface area contributed by atoms with Gasteiger partial charge in [0.05, 0.1) is 11.1 Å². The van der Waals surface area contributed by atoms with Crippen LogP contribution in [0.15, 0.2) is 54.6 Å². The molecule has 1 saturated carbocycles. The summed E-state index contributed by atoms with van der Waals surface area (Å²) in [7, 11) is 3.97. The number of ether oxygens (including phenoxy) is 2. The van der Waals surface area contributed by atoms with Crippen LogP contribution in [0, 0.1) is 5.92 Å². The number of phenols is 1. The molecule has 2 fully saturated rings. The second kappa shape index (κ2) is 9.07. The van der Waals surface area contributed by atoms with Crippen LogP contribution in [-0.2, 0) is 41.3 Å². The number of rotatable bonds is 8. The van der Waals surface area contributed by atoms with Crippen molar-refractivity contribution >= 4 is 11.9 Å². The summed E-state index contributed by atoms with van der Waals surface area (Å²) >= 11 is 0. The highest BCUT2D eigenvalue weighted by Crippen LogP contribution is 2.69. The number of hydrogen-bond donors (Lipinski definition) is 1. The molecule has 1 N–H and O–H groups in total. The first-order chi connectivity index (χ1) is 19.9. The first-order valence-corrected chi connectivity index (χ1v) is 15.2. The zero-order valence-corrected chi connectivity index (χ0v) is 23.9. The summed E-state index contributed by atoms with van der Waals surface area (Å²) in [5.74, 6) is 1.79. The number of carbonyl (C=O) groups is 1. The maximum atomic E-state index is 12.8. The van der Waals surface area contributed by atoms with Gasteiger partial charge in [-0.05, 0) is 85.5 Å². The number of phenolic OH excluding ortho intramolecular Hbond substituents is 1. The van der Waals surface area contributed by atoms with Crippen molar-refractivity contribution in [2.45, 2.75) is 68.1 Å². The van der Waals surface area contributed by atoms with Gasteiger partial charge in [-0.1, -0.05) is 36.4 Å². The third kappa shape index (κ3) is 3.53. The van der Waals surface area contributed by atoms with Gasteiger partial charge in [0.25, 0.3) is 0 Å². The Morgan fingerprint density at radius 3 is 2.78 bits per heavy atom. The molecule has 6 nitrogen and oxygen atoms in total. The van der Waals surface area contributed by atoms with E-state index < -0.39 is 5.60 Å². The molecule has 3 aliphatic carbocycles. The van der Waals surface area contributed by atoms with E-state index in [-0.39, 0.29) is 29.1 Å². The number of aromatic hydroxyl groups is 1. The van der Waals surface area contributed by atoms with E-state index in [9.17, 15) is 9.90 Å². The van der Waals surface area contributed by atoms with Gasteiger partial charge in [0, 0.05) is 50.8 Å². The lowest BCUT2D eigenvalue weighted by Gasteiger charge is -2.64. The number of nitrogens with zero attached hydrogens (tertiary/aromatic N) is 2. The second-order valence-electron chi connectivity index (χ2n) is 12.9. The summed E-state index contributed by atoms with van der Waals surface area (Å²) in [5, 5.41) is 11.0. The van der Waals surface area contributed by atoms with E-state index in [2.05, 4.69) is 40.8 Å². The zero-order chi connectivity index (χ0) is 27.9. The number of carbonyl (C=O) groups excluding carboxylic acids is 1. The van der Waals surface area contributed by atoms with Crippen LogP contribution in [0.3, 0.4) is 0 Å². The van der Waals surface area contributed by atoms with E-state index in [4.69, 9.17) is 9.47 Å². The Bertz CT molecular complexity index is 1570. The first kappa shape index (κ1) is 25.4. The molecule has 5 aliphatic rings. The Hall–Kier alpha value is -3.35. The molecule has 2 aliphatic heterocycles. The normalized spacial score (nSPS) is 29.3. The predicted octanol–water partition coefficient (Wildman–Crippen LogP) is 5.30. The third-order valence-electron chi connectivity index (χ3n) is 10.9. The molecule has 3 heterocycles. The van der Waals surface area contributed by atoms with Gasteiger partial charge in [-0.25, -0.2) is 0 Å². The van der Waals surface area contributed by atoms with E-state index in [1.54, 1.807) is 6.08 Å². The van der Waals surface area contributed by atoms with Gasteiger partial charge in [-0.15, -0.1) is 0 Å². The molecular formula is C35H38N2O4. The van der Waals surface area contributed by atoms with Crippen molar-refractivity contribution in [3.05, 3.63) is 88.2 Å². The van der Waals surface area contributed by atoms with Crippen LogP contribution in [0.2, 0.25) is 0 Å². The number of benzene rings is 2. The summed E-state index contributed by atoms with van der Waals surface area (Å²) in [4.78, 5) is 15.5. The minimum Gasteiger partial charge on any atom is -0.504 e. The highest BCUT2D eigenvalue weighted by atomic mass is 16.5. The summed E-state index contributed by atoms with van der Waals surface area (Å²) in [6.45, 7) is 2.15. The quantitative estimate of drug-likeness (QED) is 0.386. The molecule has 3 aromatic rings. The van der Waals surface area contributed by atoms with Gasteiger partial charge in [0.2, 0.25) is 0 Å². The summed E-state index contributed by atoms with van der Waals surface area (Å²) in [6.07, 6.45) is 9.97. The molecule has 1 saturated heterocycles. The molecule has 1 unspecified atom stereocenters. The van der Waals surface area contributed by atoms with Crippen LogP contribution in [0.4, 0.5) is 0 Å². The number of ketones is 1. The summed E-state index contributed by atoms with van der Waals surface area (Å²) < 4.78 is 15.8. The monoisotopic (exact) mass is 550 g/mol. The predicted molar refractivity (Wildman–Crippen MR) is 157 cm³/mol. The number of piperidine rings is 1. The van der Waals surface area contributed by atoms with Gasteiger partial charge in [-0.2, -0.15) is 0 Å². The average Bonchev–Trinajstić information content (AvgIpc) is 3.66. The van der Waals surface area contributed by atoms with Gasteiger partial charge in [0.1, 0.15) is 5.60 Å². The van der Waals surface area contributed by atoms with Gasteiger partial charge in [-0.3, -0.25) is 9.69 Å². The van der Waals surface area contributed by atoms with Crippen molar-refractivity contribution in [2.75, 3.05) is 20.2 Å². The number of methoxy groups -OCH3 is 1. The molecule has 2 bridgehead atoms. The van der Waals surface area contributed by atoms with Crippen molar-refractivity contribution < 1.29 is 19.4 Å². The highest BCUT2D eigenvalue weighted by Gasteiger charge is 2.73. The van der Waals surface area contributed by atoms with Crippen LogP contribution < -0.4 is 4.74 Å². The molecule has 8 rings (SSSR count). The Morgan fingerprint density at radius 1 is 1.17 bits per heavy atom. The Labute approximate surface area is 241 Å². The molecule has 6 heteroatoms. The van der Waals surface area contributed by atoms with E-state index in [1.165, 1.54) is 35.1 Å². The van der Waals surface area contributed by atoms with Gasteiger partial charge < -0.3 is 19.1 Å². The van der Waals surface area contributed by atoms with Crippen LogP contribution in [0.5, 0.6) is 11.5 Å². The molecule has 2 aromatic carbocycles. The molecule has 0 radical (unpaired) electrons. The molecule has 212 valence electrons. The van der Waals surface area contributed by atoms with Crippen LogP contribution >= 0.6 is 0 Å². The van der Waals surface area contributed by atoms with E-state index >= 15 is 0 Å². The fourth-order valence-electron chi connectivity index (χ4n) is 8.82. The molecule has 1 aromatic heterocycles. The Morgan fingerprint density at radius 2 is 2.00 bits per heavy atom. The number of hydrogen-bond acceptors (Lipinski definition) is 5. The molecule has 1 spiro atoms. The lowest BCUT2D eigenvalue weighted by atomic mass is 9.49. The third-order valence-corrected chi connectivity index (χ3v) is 10.9. The number of likely N-dealkylation sites (tertiary alicyclic amines) is 1. The van der Waals surface area contributed by atoms with Crippen molar-refractivity contribution in [3.63, 3.8) is 0 Å². The largest absolute Gasteiger partial charge is 0.504 e. The maximum Gasteiger partial charge on any atom is 0.166 e.